The van der Waals surface area contributed by atoms with Crippen molar-refractivity contribution in [2.75, 3.05) is 6.61 Å². The molecule has 1 N–H and O–H groups in total. The van der Waals surface area contributed by atoms with Crippen LogP contribution in [0.15, 0.2) is 54.7 Å². The average Bonchev–Trinajstić information content (AvgIpc) is 3.01. The van der Waals surface area contributed by atoms with E-state index in [1.165, 1.54) is 0 Å². The van der Waals surface area contributed by atoms with Crippen LogP contribution >= 0.6 is 0 Å². The van der Waals surface area contributed by atoms with E-state index in [1.54, 1.807) is 6.20 Å². The second-order valence-electron chi connectivity index (χ2n) is 5.29. The Hall–Kier alpha value is -2.39. The molecule has 0 spiro atoms. The van der Waals surface area contributed by atoms with Gasteiger partial charge in [0.05, 0.1) is 12.3 Å². The summed E-state index contributed by atoms with van der Waals surface area (Å²) in [7, 11) is 0. The van der Waals surface area contributed by atoms with Gasteiger partial charge in [0, 0.05) is 18.0 Å². The van der Waals surface area contributed by atoms with Crippen molar-refractivity contribution in [2.24, 2.45) is 0 Å². The predicted molar refractivity (Wildman–Crippen MR) is 81.4 cm³/mol. The number of rotatable bonds is 2. The Balaban J connectivity index is 1.81. The third-order valence-electron chi connectivity index (χ3n) is 3.99. The highest BCUT2D eigenvalue weighted by molar-refractivity contribution is 5.84. The second-order valence-corrected chi connectivity index (χ2v) is 5.29. The summed E-state index contributed by atoms with van der Waals surface area (Å²) in [6.07, 6.45) is 1.93. The zero-order chi connectivity index (χ0) is 14.2. The van der Waals surface area contributed by atoms with Gasteiger partial charge in [0.25, 0.3) is 0 Å². The van der Waals surface area contributed by atoms with E-state index >= 15 is 0 Å². The quantitative estimate of drug-likeness (QED) is 0.782. The second kappa shape index (κ2) is 4.86. The topological polar surface area (TPSA) is 42.4 Å². The van der Waals surface area contributed by atoms with Gasteiger partial charge in [0.2, 0.25) is 0 Å². The van der Waals surface area contributed by atoms with Crippen LogP contribution in [0.2, 0.25) is 0 Å². The Morgan fingerprint density at radius 3 is 2.95 bits per heavy atom. The molecule has 0 saturated heterocycles. The molecule has 1 aromatic heterocycles. The normalized spacial score (nSPS) is 14.7. The molecule has 3 nitrogen and oxygen atoms in total. The number of aliphatic hydroxyl groups is 1. The van der Waals surface area contributed by atoms with Crippen LogP contribution in [0, 0.1) is 0 Å². The summed E-state index contributed by atoms with van der Waals surface area (Å²) in [5.41, 5.74) is 2.72. The maximum absolute atomic E-state index is 10.7. The monoisotopic (exact) mass is 277 g/mol. The maximum Gasteiger partial charge on any atom is 0.122 e. The largest absolute Gasteiger partial charge is 0.493 e. The van der Waals surface area contributed by atoms with E-state index in [1.807, 2.05) is 48.5 Å². The highest BCUT2D eigenvalue weighted by Gasteiger charge is 2.18. The Labute approximate surface area is 122 Å². The molecule has 1 aliphatic heterocycles. The van der Waals surface area contributed by atoms with Crippen molar-refractivity contribution < 1.29 is 9.84 Å². The molecule has 0 amide bonds. The van der Waals surface area contributed by atoms with E-state index < -0.39 is 6.10 Å². The van der Waals surface area contributed by atoms with Gasteiger partial charge in [-0.05, 0) is 34.7 Å². The summed E-state index contributed by atoms with van der Waals surface area (Å²) < 4.78 is 5.51. The first-order chi connectivity index (χ1) is 10.3. The molecule has 1 atom stereocenters. The molecule has 21 heavy (non-hydrogen) atoms. The van der Waals surface area contributed by atoms with Crippen molar-refractivity contribution >= 4 is 10.8 Å². The van der Waals surface area contributed by atoms with Gasteiger partial charge in [-0.15, -0.1) is 0 Å². The molecule has 0 aliphatic carbocycles. The van der Waals surface area contributed by atoms with Gasteiger partial charge in [0.15, 0.2) is 0 Å². The summed E-state index contributed by atoms with van der Waals surface area (Å²) in [6, 6.07) is 15.8. The number of hydrogen-bond donors (Lipinski definition) is 1. The minimum atomic E-state index is -0.720. The van der Waals surface area contributed by atoms with Gasteiger partial charge < -0.3 is 9.84 Å². The van der Waals surface area contributed by atoms with Crippen LogP contribution in [0.1, 0.15) is 22.9 Å². The lowest BCUT2D eigenvalue weighted by Gasteiger charge is -2.14. The third kappa shape index (κ3) is 2.06. The minimum Gasteiger partial charge on any atom is -0.493 e. The van der Waals surface area contributed by atoms with Crippen LogP contribution in [-0.4, -0.2) is 16.7 Å². The first-order valence-corrected chi connectivity index (χ1v) is 7.10. The average molecular weight is 277 g/mol. The highest BCUT2D eigenvalue weighted by atomic mass is 16.5. The third-order valence-corrected chi connectivity index (χ3v) is 3.99. The number of ether oxygens (including phenoxy) is 1. The van der Waals surface area contributed by atoms with Crippen LogP contribution in [0.25, 0.3) is 10.8 Å². The molecule has 3 heteroatoms. The van der Waals surface area contributed by atoms with Crippen molar-refractivity contribution in [2.45, 2.75) is 12.5 Å². The molecule has 2 heterocycles. The summed E-state index contributed by atoms with van der Waals surface area (Å²) in [6.45, 7) is 0.724. The van der Waals surface area contributed by atoms with E-state index in [2.05, 4.69) is 4.98 Å². The molecule has 0 fully saturated rings. The first kappa shape index (κ1) is 12.4. The molecule has 4 rings (SSSR count). The Kier molecular flexibility index (Phi) is 2.86. The molecule has 0 radical (unpaired) electrons. The number of fused-ring (bicyclic) bond motifs is 2. The van der Waals surface area contributed by atoms with Gasteiger partial charge in [-0.1, -0.05) is 30.3 Å². The summed E-state index contributed by atoms with van der Waals surface area (Å²) in [4.78, 5) is 4.40. The highest BCUT2D eigenvalue weighted by Crippen LogP contribution is 2.32. The number of benzene rings is 2. The van der Waals surface area contributed by atoms with Crippen molar-refractivity contribution in [1.82, 2.24) is 4.98 Å². The zero-order valence-corrected chi connectivity index (χ0v) is 11.5. The fourth-order valence-electron chi connectivity index (χ4n) is 2.90. The molecular weight excluding hydrogens is 262 g/mol. The summed E-state index contributed by atoms with van der Waals surface area (Å²) in [5.74, 6) is 0.928. The Morgan fingerprint density at radius 2 is 2.00 bits per heavy atom. The van der Waals surface area contributed by atoms with Crippen LogP contribution in [0.5, 0.6) is 5.75 Å². The minimum absolute atomic E-state index is 0.701. The predicted octanol–water partition coefficient (Wildman–Crippen LogP) is 3.25. The SMILES string of the molecule is OC(c1ccc2c(c1)CCO2)c1nccc2ccccc12. The Morgan fingerprint density at radius 1 is 1.10 bits per heavy atom. The first-order valence-electron chi connectivity index (χ1n) is 7.10. The smallest absolute Gasteiger partial charge is 0.122 e. The summed E-state index contributed by atoms with van der Waals surface area (Å²) in [5, 5.41) is 12.8. The van der Waals surface area contributed by atoms with Gasteiger partial charge >= 0.3 is 0 Å². The molecule has 1 unspecified atom stereocenters. The van der Waals surface area contributed by atoms with E-state index in [0.717, 1.165) is 40.7 Å². The number of aromatic nitrogens is 1. The van der Waals surface area contributed by atoms with Crippen molar-refractivity contribution in [1.29, 1.82) is 0 Å². The van der Waals surface area contributed by atoms with Crippen LogP contribution in [0.4, 0.5) is 0 Å². The van der Waals surface area contributed by atoms with Crippen molar-refractivity contribution in [3.8, 4) is 5.75 Å². The number of pyridine rings is 1. The van der Waals surface area contributed by atoms with Gasteiger partial charge in [-0.3, -0.25) is 4.98 Å². The van der Waals surface area contributed by atoms with E-state index in [-0.39, 0.29) is 0 Å². The standard InChI is InChI=1S/C18H15NO2/c20-18(14-5-6-16-13(11-14)8-10-21-16)17-15-4-2-1-3-12(15)7-9-19-17/h1-7,9,11,18,20H,8,10H2. The van der Waals surface area contributed by atoms with Crippen LogP contribution in [0.3, 0.4) is 0 Å². The Bertz CT molecular complexity index is 808. The van der Waals surface area contributed by atoms with E-state index in [9.17, 15) is 5.11 Å². The van der Waals surface area contributed by atoms with Crippen molar-refractivity contribution in [3.63, 3.8) is 0 Å². The summed E-state index contributed by atoms with van der Waals surface area (Å²) >= 11 is 0. The number of hydrogen-bond acceptors (Lipinski definition) is 3. The van der Waals surface area contributed by atoms with E-state index in [0.29, 0.717) is 5.69 Å². The maximum atomic E-state index is 10.7. The van der Waals surface area contributed by atoms with Gasteiger partial charge in [-0.2, -0.15) is 0 Å². The lowest BCUT2D eigenvalue weighted by Crippen LogP contribution is -2.03. The molecule has 3 aromatic rings. The lowest BCUT2D eigenvalue weighted by molar-refractivity contribution is 0.217. The molecule has 0 bridgehead atoms. The number of aliphatic hydroxyl groups excluding tert-OH is 1. The van der Waals surface area contributed by atoms with Crippen LogP contribution in [-0.2, 0) is 6.42 Å². The van der Waals surface area contributed by atoms with Crippen molar-refractivity contribution in [3.05, 3.63) is 71.5 Å². The van der Waals surface area contributed by atoms with Gasteiger partial charge in [0.1, 0.15) is 11.9 Å². The molecule has 0 saturated carbocycles. The zero-order valence-electron chi connectivity index (χ0n) is 11.5. The molecule has 1 aliphatic rings. The van der Waals surface area contributed by atoms with Gasteiger partial charge in [-0.25, -0.2) is 0 Å². The fraction of sp³-hybridized carbons (Fsp3) is 0.167. The molecule has 104 valence electrons. The lowest BCUT2D eigenvalue weighted by atomic mass is 9.99. The van der Waals surface area contributed by atoms with Crippen LogP contribution < -0.4 is 4.74 Å². The van der Waals surface area contributed by atoms with E-state index in [4.69, 9.17) is 4.74 Å². The fourth-order valence-corrected chi connectivity index (χ4v) is 2.90. The number of nitrogens with zero attached hydrogens (tertiary/aromatic N) is 1. The molecule has 2 aromatic carbocycles. The molecular formula is C18H15NO2.